The third-order valence-electron chi connectivity index (χ3n) is 2.45. The summed E-state index contributed by atoms with van der Waals surface area (Å²) in [4.78, 5) is 5.57. The van der Waals surface area contributed by atoms with Gasteiger partial charge in [0.05, 0.1) is 0 Å². The van der Waals surface area contributed by atoms with E-state index in [9.17, 15) is 0 Å². The summed E-state index contributed by atoms with van der Waals surface area (Å²) < 4.78 is 0. The Hall–Kier alpha value is -1.79. The molecule has 2 N–H and O–H groups in total. The predicted octanol–water partition coefficient (Wildman–Crippen LogP) is 4.07. The van der Waals surface area contributed by atoms with E-state index in [1.807, 2.05) is 17.5 Å². The highest BCUT2D eigenvalue weighted by Crippen LogP contribution is 2.27. The van der Waals surface area contributed by atoms with Gasteiger partial charge in [0.25, 0.3) is 0 Å². The Balaban J connectivity index is 1.71. The number of nitrogens with one attached hydrogen (secondary N) is 2. The molecule has 3 rings (SSSR count). The summed E-state index contributed by atoms with van der Waals surface area (Å²) in [5, 5.41) is 15.2. The molecular weight excluding hydrogens is 276 g/mol. The van der Waals surface area contributed by atoms with Crippen LogP contribution >= 0.6 is 23.1 Å². The maximum absolute atomic E-state index is 4.40. The van der Waals surface area contributed by atoms with E-state index in [0.717, 1.165) is 10.8 Å². The highest BCUT2D eigenvalue weighted by atomic mass is 32.2. The van der Waals surface area contributed by atoms with E-state index in [1.54, 1.807) is 23.1 Å². The lowest BCUT2D eigenvalue weighted by Crippen LogP contribution is -1.92. The molecule has 96 valence electrons. The second-order valence-corrected chi connectivity index (χ2v) is 5.86. The summed E-state index contributed by atoms with van der Waals surface area (Å²) in [5.74, 6) is 0.586. The van der Waals surface area contributed by atoms with Crippen molar-refractivity contribution in [3.05, 3.63) is 46.7 Å². The number of benzene rings is 1. The predicted molar refractivity (Wildman–Crippen MR) is 79.3 cm³/mol. The van der Waals surface area contributed by atoms with Crippen LogP contribution in [0.1, 0.15) is 5.56 Å². The molecule has 0 saturated carbocycles. The summed E-state index contributed by atoms with van der Waals surface area (Å²) in [7, 11) is 0. The van der Waals surface area contributed by atoms with Crippen LogP contribution in [0.4, 0.5) is 11.6 Å². The van der Waals surface area contributed by atoms with Gasteiger partial charge in [0.1, 0.15) is 0 Å². The van der Waals surface area contributed by atoms with Crippen LogP contribution in [0.3, 0.4) is 0 Å². The van der Waals surface area contributed by atoms with E-state index in [4.69, 9.17) is 0 Å². The highest BCUT2D eigenvalue weighted by molar-refractivity contribution is 7.99. The number of anilines is 2. The zero-order chi connectivity index (χ0) is 13.1. The Labute approximate surface area is 119 Å². The van der Waals surface area contributed by atoms with E-state index in [0.29, 0.717) is 5.95 Å². The zero-order valence-electron chi connectivity index (χ0n) is 10.3. The van der Waals surface area contributed by atoms with Gasteiger partial charge in [-0.3, -0.25) is 5.10 Å². The lowest BCUT2D eigenvalue weighted by molar-refractivity contribution is 0.974. The number of thiophene rings is 1. The number of hydrogen-bond donors (Lipinski definition) is 2. The number of aromatic nitrogens is 3. The number of rotatable bonds is 4. The van der Waals surface area contributed by atoms with E-state index in [1.165, 1.54) is 10.5 Å². The highest BCUT2D eigenvalue weighted by Gasteiger charge is 2.05. The van der Waals surface area contributed by atoms with E-state index < -0.39 is 0 Å². The first kappa shape index (κ1) is 12.3. The third-order valence-corrected chi connectivity index (χ3v) is 4.15. The van der Waals surface area contributed by atoms with Crippen LogP contribution in [0.2, 0.25) is 0 Å². The molecule has 1 aromatic carbocycles. The first-order valence-corrected chi connectivity index (χ1v) is 7.52. The van der Waals surface area contributed by atoms with Crippen molar-refractivity contribution in [2.75, 3.05) is 5.32 Å². The maximum atomic E-state index is 4.40. The Morgan fingerprint density at radius 1 is 1.32 bits per heavy atom. The molecule has 0 fully saturated rings. The topological polar surface area (TPSA) is 53.6 Å². The van der Waals surface area contributed by atoms with Crippen LogP contribution in [-0.2, 0) is 0 Å². The van der Waals surface area contributed by atoms with Crippen LogP contribution < -0.4 is 5.32 Å². The molecule has 0 atom stereocenters. The molecule has 0 amide bonds. The minimum atomic E-state index is 0.586. The lowest BCUT2D eigenvalue weighted by atomic mass is 10.2. The second kappa shape index (κ2) is 5.46. The average Bonchev–Trinajstić information content (AvgIpc) is 3.02. The molecule has 0 saturated heterocycles. The Morgan fingerprint density at radius 2 is 2.26 bits per heavy atom. The number of aryl methyl sites for hydroxylation is 1. The Morgan fingerprint density at radius 3 is 3.05 bits per heavy atom. The number of nitrogens with zero attached hydrogens (tertiary/aromatic N) is 2. The SMILES string of the molecule is Cc1cccc(Nc2n[nH]c(Sc3ccsc3)n2)c1. The van der Waals surface area contributed by atoms with Gasteiger partial charge < -0.3 is 5.32 Å². The van der Waals surface area contributed by atoms with Gasteiger partial charge in [-0.15, -0.1) is 5.10 Å². The molecule has 0 radical (unpaired) electrons. The van der Waals surface area contributed by atoms with Crippen LogP contribution in [0, 0.1) is 6.92 Å². The molecule has 0 unspecified atom stereocenters. The number of aromatic amines is 1. The van der Waals surface area contributed by atoms with Gasteiger partial charge in [-0.25, -0.2) is 0 Å². The summed E-state index contributed by atoms with van der Waals surface area (Å²) in [6.07, 6.45) is 0. The van der Waals surface area contributed by atoms with Gasteiger partial charge in [0, 0.05) is 16.0 Å². The Kier molecular flexibility index (Phi) is 3.52. The van der Waals surface area contributed by atoms with Gasteiger partial charge in [-0.2, -0.15) is 16.3 Å². The summed E-state index contributed by atoms with van der Waals surface area (Å²) >= 11 is 3.24. The van der Waals surface area contributed by atoms with Crippen LogP contribution in [-0.4, -0.2) is 15.2 Å². The number of H-pyrrole nitrogens is 1. The monoisotopic (exact) mass is 288 g/mol. The van der Waals surface area contributed by atoms with E-state index >= 15 is 0 Å². The van der Waals surface area contributed by atoms with Gasteiger partial charge >= 0.3 is 0 Å². The fraction of sp³-hybridized carbons (Fsp3) is 0.0769. The summed E-state index contributed by atoms with van der Waals surface area (Å²) in [6, 6.07) is 10.2. The lowest BCUT2D eigenvalue weighted by Gasteiger charge is -2.01. The van der Waals surface area contributed by atoms with Crippen LogP contribution in [0.15, 0.2) is 51.1 Å². The summed E-state index contributed by atoms with van der Waals surface area (Å²) in [6.45, 7) is 2.06. The molecule has 2 heterocycles. The molecule has 0 bridgehead atoms. The van der Waals surface area contributed by atoms with Gasteiger partial charge in [-0.1, -0.05) is 12.1 Å². The van der Waals surface area contributed by atoms with Crippen molar-refractivity contribution in [1.29, 1.82) is 0 Å². The van der Waals surface area contributed by atoms with Crippen molar-refractivity contribution in [2.45, 2.75) is 17.0 Å². The fourth-order valence-electron chi connectivity index (χ4n) is 1.62. The second-order valence-electron chi connectivity index (χ2n) is 4.02. The quantitative estimate of drug-likeness (QED) is 0.760. The molecule has 2 aromatic heterocycles. The molecule has 0 aliphatic heterocycles. The first-order chi connectivity index (χ1) is 9.29. The minimum Gasteiger partial charge on any atom is -0.323 e. The van der Waals surface area contributed by atoms with Crippen molar-refractivity contribution in [3.8, 4) is 0 Å². The number of hydrogen-bond acceptors (Lipinski definition) is 5. The molecule has 0 aliphatic rings. The minimum absolute atomic E-state index is 0.586. The van der Waals surface area contributed by atoms with Crippen LogP contribution in [0.25, 0.3) is 0 Å². The van der Waals surface area contributed by atoms with E-state index in [2.05, 4.69) is 51.0 Å². The molecule has 19 heavy (non-hydrogen) atoms. The first-order valence-electron chi connectivity index (χ1n) is 5.76. The largest absolute Gasteiger partial charge is 0.323 e. The summed E-state index contributed by atoms with van der Waals surface area (Å²) in [5.41, 5.74) is 2.19. The third kappa shape index (κ3) is 3.15. The zero-order valence-corrected chi connectivity index (χ0v) is 11.9. The van der Waals surface area contributed by atoms with Crippen LogP contribution in [0.5, 0.6) is 0 Å². The van der Waals surface area contributed by atoms with Crippen molar-refractivity contribution in [1.82, 2.24) is 15.2 Å². The van der Waals surface area contributed by atoms with Crippen molar-refractivity contribution >= 4 is 34.7 Å². The van der Waals surface area contributed by atoms with Crippen molar-refractivity contribution < 1.29 is 0 Å². The molecular formula is C13H12N4S2. The molecule has 4 nitrogen and oxygen atoms in total. The molecule has 0 aliphatic carbocycles. The smallest absolute Gasteiger partial charge is 0.247 e. The van der Waals surface area contributed by atoms with Crippen molar-refractivity contribution in [2.24, 2.45) is 0 Å². The molecule has 0 spiro atoms. The van der Waals surface area contributed by atoms with E-state index in [-0.39, 0.29) is 0 Å². The normalized spacial score (nSPS) is 10.6. The van der Waals surface area contributed by atoms with Gasteiger partial charge in [-0.05, 0) is 47.8 Å². The molecule has 6 heteroatoms. The Bertz CT molecular complexity index is 661. The standard InChI is InChI=1S/C13H12N4S2/c1-9-3-2-4-10(7-9)14-12-15-13(17-16-12)19-11-5-6-18-8-11/h2-8H,1H3,(H2,14,15,16,17). The fourth-order valence-corrected chi connectivity index (χ4v) is 3.17. The van der Waals surface area contributed by atoms with Gasteiger partial charge in [0.2, 0.25) is 5.95 Å². The molecule has 3 aromatic rings. The van der Waals surface area contributed by atoms with Gasteiger partial charge in [0.15, 0.2) is 5.16 Å². The van der Waals surface area contributed by atoms with Crippen molar-refractivity contribution in [3.63, 3.8) is 0 Å². The maximum Gasteiger partial charge on any atom is 0.247 e. The average molecular weight is 288 g/mol.